The van der Waals surface area contributed by atoms with E-state index in [1.54, 1.807) is 0 Å². The van der Waals surface area contributed by atoms with Gasteiger partial charge in [0.2, 0.25) is 0 Å². The largest absolute Gasteiger partial charge is 0.453 e. The molecule has 1 aromatic heterocycles. The smallest absolute Gasteiger partial charge is 0.178 e. The first-order valence-electron chi connectivity index (χ1n) is 6.05. The summed E-state index contributed by atoms with van der Waals surface area (Å²) in [6, 6.07) is 5.11. The highest BCUT2D eigenvalue weighted by molar-refractivity contribution is 9.10. The van der Waals surface area contributed by atoms with Gasteiger partial charge in [0, 0.05) is 17.0 Å². The van der Waals surface area contributed by atoms with Crippen molar-refractivity contribution in [2.75, 3.05) is 0 Å². The minimum absolute atomic E-state index is 0.0330. The van der Waals surface area contributed by atoms with Gasteiger partial charge in [-0.25, -0.2) is 8.78 Å². The van der Waals surface area contributed by atoms with Gasteiger partial charge in [-0.15, -0.1) is 0 Å². The molecule has 8 heteroatoms. The fraction of sp³-hybridized carbons (Fsp3) is 0. The van der Waals surface area contributed by atoms with Crippen LogP contribution in [0.1, 0.15) is 5.56 Å². The van der Waals surface area contributed by atoms with Crippen LogP contribution in [0.3, 0.4) is 0 Å². The molecule has 0 aliphatic carbocycles. The van der Waals surface area contributed by atoms with Crippen LogP contribution < -0.4 is 10.5 Å². The zero-order valence-electron chi connectivity index (χ0n) is 10.9. The number of benzene rings is 2. The average Bonchev–Trinajstić information content (AvgIpc) is 2.93. The third-order valence-electron chi connectivity index (χ3n) is 3.02. The molecule has 0 bridgehead atoms. The summed E-state index contributed by atoms with van der Waals surface area (Å²) in [6.45, 7) is 0. The van der Waals surface area contributed by atoms with Crippen LogP contribution in [-0.4, -0.2) is 15.2 Å². The summed E-state index contributed by atoms with van der Waals surface area (Å²) in [6.07, 6.45) is 1.54. The van der Waals surface area contributed by atoms with Crippen molar-refractivity contribution in [2.45, 2.75) is 0 Å². The van der Waals surface area contributed by atoms with Gasteiger partial charge in [-0.05, 0) is 34.1 Å². The predicted molar refractivity (Wildman–Crippen MR) is 86.1 cm³/mol. The van der Waals surface area contributed by atoms with Gasteiger partial charge < -0.3 is 10.5 Å². The van der Waals surface area contributed by atoms with Gasteiger partial charge in [-0.2, -0.15) is 5.10 Å². The molecule has 0 saturated heterocycles. The van der Waals surface area contributed by atoms with Gasteiger partial charge in [-0.1, -0.05) is 12.2 Å². The Morgan fingerprint density at radius 2 is 2.05 bits per heavy atom. The van der Waals surface area contributed by atoms with E-state index >= 15 is 0 Å². The molecule has 112 valence electrons. The van der Waals surface area contributed by atoms with Crippen molar-refractivity contribution in [3.63, 3.8) is 0 Å². The van der Waals surface area contributed by atoms with Gasteiger partial charge in [0.1, 0.15) is 16.6 Å². The van der Waals surface area contributed by atoms with Crippen LogP contribution in [0.5, 0.6) is 11.5 Å². The molecule has 0 aliphatic heterocycles. The van der Waals surface area contributed by atoms with E-state index in [1.165, 1.54) is 24.4 Å². The Morgan fingerprint density at radius 3 is 2.77 bits per heavy atom. The molecule has 3 aromatic rings. The zero-order valence-corrected chi connectivity index (χ0v) is 13.3. The Morgan fingerprint density at radius 1 is 1.27 bits per heavy atom. The molecule has 3 N–H and O–H groups in total. The fourth-order valence-electron chi connectivity index (χ4n) is 1.97. The molecule has 4 nitrogen and oxygen atoms in total. The number of hydrogen-bond acceptors (Lipinski definition) is 3. The molecular weight excluding hydrogens is 376 g/mol. The summed E-state index contributed by atoms with van der Waals surface area (Å²) in [7, 11) is 0. The molecule has 0 spiro atoms. The van der Waals surface area contributed by atoms with Crippen LogP contribution in [0.15, 0.2) is 34.9 Å². The second kappa shape index (κ2) is 5.62. The normalized spacial score (nSPS) is 10.9. The number of nitrogens with one attached hydrogen (secondary N) is 1. The van der Waals surface area contributed by atoms with E-state index in [2.05, 4.69) is 26.1 Å². The first-order valence-corrected chi connectivity index (χ1v) is 7.26. The van der Waals surface area contributed by atoms with Crippen LogP contribution in [0, 0.1) is 11.6 Å². The molecular formula is C14H8BrF2N3OS. The van der Waals surface area contributed by atoms with Gasteiger partial charge in [-0.3, -0.25) is 5.10 Å². The van der Waals surface area contributed by atoms with Crippen molar-refractivity contribution >= 4 is 44.0 Å². The first-order chi connectivity index (χ1) is 10.5. The van der Waals surface area contributed by atoms with Crippen molar-refractivity contribution in [1.82, 2.24) is 10.2 Å². The van der Waals surface area contributed by atoms with Gasteiger partial charge in [0.15, 0.2) is 11.6 Å². The van der Waals surface area contributed by atoms with E-state index in [-0.39, 0.29) is 22.1 Å². The van der Waals surface area contributed by atoms with Crippen molar-refractivity contribution in [3.8, 4) is 11.5 Å². The zero-order chi connectivity index (χ0) is 15.9. The van der Waals surface area contributed by atoms with Crippen LogP contribution in [-0.2, 0) is 0 Å². The number of halogens is 3. The molecule has 0 amide bonds. The molecule has 1 heterocycles. The van der Waals surface area contributed by atoms with Crippen molar-refractivity contribution in [2.24, 2.45) is 5.73 Å². The lowest BCUT2D eigenvalue weighted by Crippen LogP contribution is -2.11. The van der Waals surface area contributed by atoms with E-state index in [4.69, 9.17) is 22.7 Å². The number of nitrogens with two attached hydrogens (primary N) is 1. The average molecular weight is 384 g/mol. The summed E-state index contributed by atoms with van der Waals surface area (Å²) in [5.41, 5.74) is 6.00. The number of nitrogens with zero attached hydrogens (tertiary/aromatic N) is 1. The Kier molecular flexibility index (Phi) is 3.79. The summed E-state index contributed by atoms with van der Waals surface area (Å²) >= 11 is 8.05. The minimum Gasteiger partial charge on any atom is -0.453 e. The number of aromatic amines is 1. The Bertz CT molecular complexity index is 897. The summed E-state index contributed by atoms with van der Waals surface area (Å²) in [5, 5.41) is 7.17. The summed E-state index contributed by atoms with van der Waals surface area (Å²) < 4.78 is 33.6. The molecule has 2 aromatic carbocycles. The lowest BCUT2D eigenvalue weighted by Gasteiger charge is -2.11. The molecule has 0 saturated carbocycles. The lowest BCUT2D eigenvalue weighted by molar-refractivity contribution is 0.439. The third-order valence-corrected chi connectivity index (χ3v) is 4.02. The van der Waals surface area contributed by atoms with Crippen LogP contribution >= 0.6 is 28.1 Å². The van der Waals surface area contributed by atoms with Crippen molar-refractivity contribution < 1.29 is 13.5 Å². The van der Waals surface area contributed by atoms with Crippen molar-refractivity contribution in [1.29, 1.82) is 0 Å². The SMILES string of the molecule is NC(=S)c1cc(Oc2c(F)cc3[nH]ncc3c2Br)ccc1F. The highest BCUT2D eigenvalue weighted by Gasteiger charge is 2.16. The van der Waals surface area contributed by atoms with Crippen LogP contribution in [0.4, 0.5) is 8.78 Å². The molecule has 0 atom stereocenters. The summed E-state index contributed by atoms with van der Waals surface area (Å²) in [5.74, 6) is -0.976. The maximum absolute atomic E-state index is 14.2. The second-order valence-corrected chi connectivity index (χ2v) is 5.67. The maximum atomic E-state index is 14.2. The van der Waals surface area contributed by atoms with E-state index in [9.17, 15) is 8.78 Å². The van der Waals surface area contributed by atoms with Gasteiger partial charge >= 0.3 is 0 Å². The molecule has 3 rings (SSSR count). The standard InChI is InChI=1S/C14H8BrF2N3OS/c15-12-8-5-19-20-11(8)4-10(17)13(12)21-6-1-2-9(16)7(3-6)14(18)22/h1-5H,(H2,18,22)(H,19,20). The molecule has 0 unspecified atom stereocenters. The Hall–Kier alpha value is -2.06. The molecule has 0 radical (unpaired) electrons. The molecule has 0 fully saturated rings. The van der Waals surface area contributed by atoms with E-state index in [1.807, 2.05) is 0 Å². The Balaban J connectivity index is 2.06. The number of aromatic nitrogens is 2. The maximum Gasteiger partial charge on any atom is 0.178 e. The Labute approximate surface area is 137 Å². The third kappa shape index (κ3) is 2.55. The van der Waals surface area contributed by atoms with Crippen LogP contribution in [0.25, 0.3) is 10.9 Å². The number of thiocarbonyl (C=S) groups is 1. The fourth-order valence-corrected chi connectivity index (χ4v) is 2.71. The quantitative estimate of drug-likeness (QED) is 0.670. The topological polar surface area (TPSA) is 63.9 Å². The second-order valence-electron chi connectivity index (χ2n) is 4.44. The predicted octanol–water partition coefficient (Wildman–Crippen LogP) is 4.03. The molecule has 22 heavy (non-hydrogen) atoms. The summed E-state index contributed by atoms with van der Waals surface area (Å²) in [4.78, 5) is -0.104. The lowest BCUT2D eigenvalue weighted by atomic mass is 10.2. The number of H-pyrrole nitrogens is 1. The number of rotatable bonds is 3. The first kappa shape index (κ1) is 14.9. The monoisotopic (exact) mass is 383 g/mol. The van der Waals surface area contributed by atoms with Gasteiger partial charge in [0.05, 0.1) is 16.2 Å². The van der Waals surface area contributed by atoms with E-state index in [0.717, 1.165) is 6.07 Å². The number of hydrogen-bond donors (Lipinski definition) is 2. The van der Waals surface area contributed by atoms with E-state index < -0.39 is 11.6 Å². The highest BCUT2D eigenvalue weighted by Crippen LogP contribution is 2.38. The van der Waals surface area contributed by atoms with E-state index in [0.29, 0.717) is 15.4 Å². The van der Waals surface area contributed by atoms with Crippen LogP contribution in [0.2, 0.25) is 0 Å². The van der Waals surface area contributed by atoms with Gasteiger partial charge in [0.25, 0.3) is 0 Å². The molecule has 0 aliphatic rings. The van der Waals surface area contributed by atoms with Crippen molar-refractivity contribution in [3.05, 3.63) is 52.1 Å². The minimum atomic E-state index is -0.593. The number of ether oxygens (including phenoxy) is 1. The number of fused-ring (bicyclic) bond motifs is 1. The highest BCUT2D eigenvalue weighted by atomic mass is 79.9.